The van der Waals surface area contributed by atoms with Crippen LogP contribution in [0.25, 0.3) is 43.7 Å². The largest absolute Gasteiger partial charge is 0.647 e. The number of alkyl halides is 2. The van der Waals surface area contributed by atoms with Crippen molar-refractivity contribution in [2.45, 2.75) is 25.3 Å². The van der Waals surface area contributed by atoms with Crippen molar-refractivity contribution in [1.29, 1.82) is 10.7 Å². The van der Waals surface area contributed by atoms with Crippen molar-refractivity contribution in [3.63, 3.8) is 0 Å². The van der Waals surface area contributed by atoms with E-state index in [1.54, 1.807) is 23.9 Å². The summed E-state index contributed by atoms with van der Waals surface area (Å²) in [7, 11) is 1.68. The van der Waals surface area contributed by atoms with Gasteiger partial charge in [-0.1, -0.05) is 18.2 Å². The van der Waals surface area contributed by atoms with E-state index in [4.69, 9.17) is 10.1 Å². The highest BCUT2D eigenvalue weighted by atomic mass is 19.3. The Hall–Kier alpha value is -5.16. The van der Waals surface area contributed by atoms with Gasteiger partial charge in [0.25, 0.3) is 0 Å². The molecule has 3 heterocycles. The van der Waals surface area contributed by atoms with Crippen molar-refractivity contribution < 1.29 is 13.5 Å². The van der Waals surface area contributed by atoms with E-state index in [2.05, 4.69) is 16.0 Å². The zero-order valence-electron chi connectivity index (χ0n) is 21.3. The topological polar surface area (TPSA) is 114 Å². The van der Waals surface area contributed by atoms with Gasteiger partial charge in [0, 0.05) is 30.3 Å². The van der Waals surface area contributed by atoms with E-state index in [-0.39, 0.29) is 11.6 Å². The van der Waals surface area contributed by atoms with Crippen molar-refractivity contribution in [3.8, 4) is 28.8 Å². The van der Waals surface area contributed by atoms with Crippen LogP contribution in [0.1, 0.15) is 19.4 Å². The molecular weight excluding hydrogens is 504 g/mol. The van der Waals surface area contributed by atoms with Crippen LogP contribution in [-0.2, 0) is 12.5 Å². The average Bonchev–Trinajstić information content (AvgIpc) is 3.22. The van der Waals surface area contributed by atoms with Gasteiger partial charge in [-0.15, -0.1) is 8.78 Å². The maximum absolute atomic E-state index is 13.4. The number of aryl methyl sites for hydroxylation is 1. The molecule has 0 N–H and O–H groups in total. The standard InChI is InChI=1S/C28H22F2N7O2/c1-27(2,15-31)19-6-8-20(9-7-19)37-25-21-12-17(4-10-22(21)33-14-23(25)36(3)26(37)38)18-5-11-24(34-13-18)39-16-28(29,30)35-32/h4-14H,16H2,1-3H3/q+1. The van der Waals surface area contributed by atoms with Crippen LogP contribution in [0.15, 0.2) is 71.8 Å². The minimum absolute atomic E-state index is 0.0492. The van der Waals surface area contributed by atoms with Gasteiger partial charge in [-0.25, -0.2) is 9.78 Å². The summed E-state index contributed by atoms with van der Waals surface area (Å²) in [5.41, 5.74) is 4.02. The first-order chi connectivity index (χ1) is 18.5. The molecule has 0 amide bonds. The van der Waals surface area contributed by atoms with E-state index in [0.717, 1.165) is 16.5 Å². The number of nitrogens with zero attached hydrogens (tertiary/aromatic N) is 7. The molecule has 5 aromatic rings. The zero-order chi connectivity index (χ0) is 27.9. The molecule has 0 aliphatic heterocycles. The molecule has 3 aromatic heterocycles. The van der Waals surface area contributed by atoms with Gasteiger partial charge in [0.15, 0.2) is 0 Å². The monoisotopic (exact) mass is 526 g/mol. The number of pyridine rings is 2. The Morgan fingerprint density at radius 1 is 1.03 bits per heavy atom. The molecule has 0 radical (unpaired) electrons. The molecular formula is C28H22F2N7O2+. The Kier molecular flexibility index (Phi) is 6.08. The van der Waals surface area contributed by atoms with E-state index in [1.807, 2.05) is 61.3 Å². The lowest BCUT2D eigenvalue weighted by molar-refractivity contribution is -0.00129. The number of hydrogen-bond donors (Lipinski definition) is 0. The number of rotatable bonds is 6. The Morgan fingerprint density at radius 3 is 2.38 bits per heavy atom. The van der Waals surface area contributed by atoms with Gasteiger partial charge >= 0.3 is 11.7 Å². The first-order valence-electron chi connectivity index (χ1n) is 11.9. The Labute approximate surface area is 221 Å². The van der Waals surface area contributed by atoms with Crippen LogP contribution in [0.3, 0.4) is 0 Å². The molecule has 0 unspecified atom stereocenters. The summed E-state index contributed by atoms with van der Waals surface area (Å²) >= 11 is 0. The second-order valence-corrected chi connectivity index (χ2v) is 9.62. The van der Waals surface area contributed by atoms with Gasteiger partial charge in [-0.05, 0) is 55.3 Å². The summed E-state index contributed by atoms with van der Waals surface area (Å²) in [5, 5.41) is 18.5. The maximum atomic E-state index is 13.4. The molecule has 2 aromatic carbocycles. The number of diazo groups is 1. The molecule has 11 heteroatoms. The summed E-state index contributed by atoms with van der Waals surface area (Å²) < 4.78 is 34.3. The summed E-state index contributed by atoms with van der Waals surface area (Å²) in [6, 6.07) is 14.6. The van der Waals surface area contributed by atoms with Crippen molar-refractivity contribution in [3.05, 3.63) is 88.0 Å². The van der Waals surface area contributed by atoms with Crippen molar-refractivity contribution >= 4 is 21.9 Å². The summed E-state index contributed by atoms with van der Waals surface area (Å²) in [6.45, 7) is 2.52. The van der Waals surface area contributed by atoms with E-state index in [0.29, 0.717) is 27.8 Å². The number of benzene rings is 2. The van der Waals surface area contributed by atoms with Crippen molar-refractivity contribution in [1.82, 2.24) is 19.1 Å². The second kappa shape index (κ2) is 9.30. The Bertz CT molecular complexity index is 1860. The zero-order valence-corrected chi connectivity index (χ0v) is 21.3. The van der Waals surface area contributed by atoms with Gasteiger partial charge in [0.1, 0.15) is 0 Å². The smallest absolute Gasteiger partial charge is 0.462 e. The first kappa shape index (κ1) is 25.5. The van der Waals surface area contributed by atoms with Gasteiger partial charge in [-0.3, -0.25) is 14.1 Å². The molecule has 9 nitrogen and oxygen atoms in total. The van der Waals surface area contributed by atoms with Gasteiger partial charge < -0.3 is 4.74 Å². The highest BCUT2D eigenvalue weighted by Gasteiger charge is 2.46. The number of ether oxygens (including phenoxy) is 1. The lowest BCUT2D eigenvalue weighted by Gasteiger charge is -2.16. The third-order valence-electron chi connectivity index (χ3n) is 6.62. The molecule has 0 aliphatic carbocycles. The van der Waals surface area contributed by atoms with E-state index in [9.17, 15) is 18.8 Å². The SMILES string of the molecule is Cn1c(=O)n(-c2ccc(C(C)(C)C#N)cc2)c2c3cc(-c4ccc(OCC(F)(F)[N+]#N)nc4)ccc3ncc21. The summed E-state index contributed by atoms with van der Waals surface area (Å²) in [4.78, 5) is 24.0. The molecule has 5 rings (SSSR count). The first-order valence-corrected chi connectivity index (χ1v) is 11.9. The highest BCUT2D eigenvalue weighted by molar-refractivity contribution is 6.04. The maximum Gasteiger partial charge on any atom is 0.647 e. The molecule has 0 fully saturated rings. The van der Waals surface area contributed by atoms with Crippen molar-refractivity contribution in [2.75, 3.05) is 6.61 Å². The average molecular weight is 527 g/mol. The predicted molar refractivity (Wildman–Crippen MR) is 141 cm³/mol. The van der Waals surface area contributed by atoms with Crippen LogP contribution in [-0.4, -0.2) is 31.8 Å². The fourth-order valence-electron chi connectivity index (χ4n) is 4.33. The number of fused-ring (bicyclic) bond motifs is 3. The van der Waals surface area contributed by atoms with E-state index in [1.165, 1.54) is 16.8 Å². The molecule has 194 valence electrons. The van der Waals surface area contributed by atoms with E-state index >= 15 is 0 Å². The third kappa shape index (κ3) is 4.55. The summed E-state index contributed by atoms with van der Waals surface area (Å²) in [6.07, 6.45) is 3.14. The fraction of sp³-hybridized carbons (Fsp3) is 0.214. The van der Waals surface area contributed by atoms with Crippen LogP contribution in [0.5, 0.6) is 5.88 Å². The fourth-order valence-corrected chi connectivity index (χ4v) is 4.33. The van der Waals surface area contributed by atoms with Crippen LogP contribution in [0.4, 0.5) is 8.78 Å². The number of hydrogen-bond acceptors (Lipinski definition) is 6. The molecule has 39 heavy (non-hydrogen) atoms. The van der Waals surface area contributed by atoms with Crippen molar-refractivity contribution in [2.24, 2.45) is 7.05 Å². The Balaban J connectivity index is 1.60. The lowest BCUT2D eigenvalue weighted by Crippen LogP contribution is -2.21. The van der Waals surface area contributed by atoms with Crippen LogP contribution in [0.2, 0.25) is 0 Å². The normalized spacial score (nSPS) is 11.9. The summed E-state index contributed by atoms with van der Waals surface area (Å²) in [5.74, 6) is -0.0492. The van der Waals surface area contributed by atoms with Gasteiger partial charge in [-0.2, -0.15) is 5.26 Å². The molecule has 0 saturated heterocycles. The van der Waals surface area contributed by atoms with Crippen LogP contribution >= 0.6 is 0 Å². The molecule has 0 aliphatic rings. The number of halogens is 2. The highest BCUT2D eigenvalue weighted by Crippen LogP contribution is 2.31. The van der Waals surface area contributed by atoms with E-state index < -0.39 is 18.1 Å². The number of aromatic nitrogens is 4. The van der Waals surface area contributed by atoms with Gasteiger partial charge in [0.2, 0.25) is 22.9 Å². The van der Waals surface area contributed by atoms with Gasteiger partial charge in [0.05, 0.1) is 39.9 Å². The minimum Gasteiger partial charge on any atom is -0.462 e. The third-order valence-corrected chi connectivity index (χ3v) is 6.62. The van der Waals surface area contributed by atoms with Crippen LogP contribution in [0, 0.1) is 16.7 Å². The van der Waals surface area contributed by atoms with Crippen LogP contribution < -0.4 is 10.4 Å². The minimum atomic E-state index is -3.73. The predicted octanol–water partition coefficient (Wildman–Crippen LogP) is 5.57. The molecule has 0 atom stereocenters. The lowest BCUT2D eigenvalue weighted by atomic mass is 9.86. The number of nitriles is 1. The molecule has 0 saturated carbocycles. The Morgan fingerprint density at radius 2 is 1.74 bits per heavy atom. The second-order valence-electron chi connectivity index (χ2n) is 9.62. The molecule has 0 spiro atoms. The quantitative estimate of drug-likeness (QED) is 0.211. The number of imidazole rings is 1. The molecule has 0 bridgehead atoms.